The van der Waals surface area contributed by atoms with Crippen LogP contribution in [0.1, 0.15) is 10.5 Å². The van der Waals surface area contributed by atoms with Gasteiger partial charge >= 0.3 is 5.82 Å². The number of nitro groups is 1. The van der Waals surface area contributed by atoms with Crippen molar-refractivity contribution in [1.82, 2.24) is 14.8 Å². The summed E-state index contributed by atoms with van der Waals surface area (Å²) in [5.41, 5.74) is 0.238. The predicted molar refractivity (Wildman–Crippen MR) is 66.9 cm³/mol. The smallest absolute Gasteiger partial charge is 0.321 e. The van der Waals surface area contributed by atoms with Crippen LogP contribution in [0.25, 0.3) is 0 Å². The Morgan fingerprint density at radius 1 is 1.37 bits per heavy atom. The SMILES string of the molecule is O=C(c1ccc([N+](=O)[O-])[nH]1)N1CCN(CCO)CC1. The lowest BCUT2D eigenvalue weighted by atomic mass is 10.3. The second-order valence-corrected chi connectivity index (χ2v) is 4.37. The summed E-state index contributed by atoms with van der Waals surface area (Å²) in [5.74, 6) is -0.404. The number of hydrogen-bond donors (Lipinski definition) is 2. The standard InChI is InChI=1S/C11H16N4O4/c16-8-7-13-3-5-14(6-4-13)11(17)9-1-2-10(12-9)15(18)19/h1-2,12,16H,3-8H2. The van der Waals surface area contributed by atoms with Crippen molar-refractivity contribution in [3.63, 3.8) is 0 Å². The third kappa shape index (κ3) is 3.09. The molecule has 1 fully saturated rings. The molecule has 0 atom stereocenters. The molecule has 1 saturated heterocycles. The van der Waals surface area contributed by atoms with Crippen LogP contribution in [0.2, 0.25) is 0 Å². The molecule has 1 amide bonds. The van der Waals surface area contributed by atoms with E-state index >= 15 is 0 Å². The van der Waals surface area contributed by atoms with Crippen molar-refractivity contribution in [3.05, 3.63) is 27.9 Å². The van der Waals surface area contributed by atoms with Crippen molar-refractivity contribution in [1.29, 1.82) is 0 Å². The molecule has 104 valence electrons. The Bertz CT molecular complexity index is 465. The molecule has 8 nitrogen and oxygen atoms in total. The van der Waals surface area contributed by atoms with Gasteiger partial charge in [0.1, 0.15) is 0 Å². The molecule has 8 heteroatoms. The van der Waals surface area contributed by atoms with Gasteiger partial charge in [0, 0.05) is 38.8 Å². The van der Waals surface area contributed by atoms with Crippen LogP contribution in [0.4, 0.5) is 5.82 Å². The zero-order chi connectivity index (χ0) is 13.8. The minimum absolute atomic E-state index is 0.108. The van der Waals surface area contributed by atoms with Crippen LogP contribution in [0.15, 0.2) is 12.1 Å². The highest BCUT2D eigenvalue weighted by Crippen LogP contribution is 2.13. The van der Waals surface area contributed by atoms with E-state index in [1.165, 1.54) is 12.1 Å². The van der Waals surface area contributed by atoms with Crippen molar-refractivity contribution < 1.29 is 14.8 Å². The molecule has 1 aliphatic heterocycles. The number of rotatable bonds is 4. The molecule has 0 bridgehead atoms. The number of piperazine rings is 1. The summed E-state index contributed by atoms with van der Waals surface area (Å²) in [6.45, 7) is 3.24. The van der Waals surface area contributed by atoms with Gasteiger partial charge in [0.15, 0.2) is 5.69 Å². The number of carbonyl (C=O) groups is 1. The maximum absolute atomic E-state index is 12.1. The van der Waals surface area contributed by atoms with E-state index in [4.69, 9.17) is 5.11 Å². The quantitative estimate of drug-likeness (QED) is 0.575. The first-order chi connectivity index (χ1) is 9.11. The number of aromatic nitrogens is 1. The molecule has 1 aromatic rings. The summed E-state index contributed by atoms with van der Waals surface area (Å²) < 4.78 is 0. The molecule has 0 aliphatic carbocycles. The van der Waals surface area contributed by atoms with Crippen LogP contribution in [0.3, 0.4) is 0 Å². The van der Waals surface area contributed by atoms with E-state index in [0.29, 0.717) is 32.7 Å². The van der Waals surface area contributed by atoms with Gasteiger partial charge in [-0.3, -0.25) is 9.69 Å². The van der Waals surface area contributed by atoms with E-state index in [9.17, 15) is 14.9 Å². The Hall–Kier alpha value is -1.93. The number of amides is 1. The fourth-order valence-electron chi connectivity index (χ4n) is 2.10. The number of hydrogen-bond acceptors (Lipinski definition) is 5. The Kier molecular flexibility index (Phi) is 4.13. The molecule has 19 heavy (non-hydrogen) atoms. The molecule has 2 N–H and O–H groups in total. The minimum atomic E-state index is -0.560. The lowest BCUT2D eigenvalue weighted by molar-refractivity contribution is -0.389. The summed E-state index contributed by atoms with van der Waals surface area (Å²) in [4.78, 5) is 28.3. The lowest BCUT2D eigenvalue weighted by Gasteiger charge is -2.33. The predicted octanol–water partition coefficient (Wildman–Crippen LogP) is -0.327. The number of H-pyrrole nitrogens is 1. The van der Waals surface area contributed by atoms with Gasteiger partial charge in [-0.05, 0) is 11.0 Å². The fourth-order valence-corrected chi connectivity index (χ4v) is 2.10. The highest BCUT2D eigenvalue weighted by Gasteiger charge is 2.25. The van der Waals surface area contributed by atoms with Crippen molar-refractivity contribution in [2.24, 2.45) is 0 Å². The first-order valence-electron chi connectivity index (χ1n) is 6.07. The van der Waals surface area contributed by atoms with Crippen molar-refractivity contribution in [3.8, 4) is 0 Å². The number of β-amino-alcohol motifs (C(OH)–C–C–N with tert-alkyl or cyclic N) is 1. The Labute approximate surface area is 109 Å². The zero-order valence-electron chi connectivity index (χ0n) is 10.4. The van der Waals surface area contributed by atoms with Gasteiger partial charge in [0.25, 0.3) is 5.91 Å². The van der Waals surface area contributed by atoms with Gasteiger partial charge < -0.3 is 20.1 Å². The molecule has 0 spiro atoms. The van der Waals surface area contributed by atoms with Gasteiger partial charge in [-0.15, -0.1) is 0 Å². The monoisotopic (exact) mass is 268 g/mol. The number of aromatic amines is 1. The number of carbonyl (C=O) groups excluding carboxylic acids is 1. The molecule has 2 rings (SSSR count). The Morgan fingerprint density at radius 2 is 2.05 bits per heavy atom. The van der Waals surface area contributed by atoms with Gasteiger partial charge in [0.2, 0.25) is 0 Å². The molecule has 0 aromatic carbocycles. The highest BCUT2D eigenvalue weighted by atomic mass is 16.6. The average molecular weight is 268 g/mol. The van der Waals surface area contributed by atoms with Crippen LogP contribution < -0.4 is 0 Å². The van der Waals surface area contributed by atoms with Crippen molar-refractivity contribution in [2.45, 2.75) is 0 Å². The number of nitrogens with zero attached hydrogens (tertiary/aromatic N) is 3. The summed E-state index contributed by atoms with van der Waals surface area (Å²) in [5, 5.41) is 19.4. The molecule has 0 radical (unpaired) electrons. The number of nitrogens with one attached hydrogen (secondary N) is 1. The maximum Gasteiger partial charge on any atom is 0.321 e. The fraction of sp³-hybridized carbons (Fsp3) is 0.545. The molecular weight excluding hydrogens is 252 g/mol. The van der Waals surface area contributed by atoms with Crippen LogP contribution in [0.5, 0.6) is 0 Å². The van der Waals surface area contributed by atoms with Gasteiger partial charge in [-0.2, -0.15) is 0 Å². The number of aliphatic hydroxyl groups is 1. The van der Waals surface area contributed by atoms with Gasteiger partial charge in [-0.25, -0.2) is 4.98 Å². The van der Waals surface area contributed by atoms with Crippen LogP contribution in [0, 0.1) is 10.1 Å². The highest BCUT2D eigenvalue weighted by molar-refractivity contribution is 5.93. The van der Waals surface area contributed by atoms with Gasteiger partial charge in [-0.1, -0.05) is 0 Å². The first-order valence-corrected chi connectivity index (χ1v) is 6.07. The van der Waals surface area contributed by atoms with E-state index in [0.717, 1.165) is 0 Å². The average Bonchev–Trinajstić information content (AvgIpc) is 2.89. The van der Waals surface area contributed by atoms with E-state index < -0.39 is 4.92 Å². The molecule has 2 heterocycles. The summed E-state index contributed by atoms with van der Waals surface area (Å²) in [6.07, 6.45) is 0. The molecule has 1 aromatic heterocycles. The maximum atomic E-state index is 12.1. The van der Waals surface area contributed by atoms with E-state index in [2.05, 4.69) is 9.88 Å². The summed E-state index contributed by atoms with van der Waals surface area (Å²) in [6, 6.07) is 2.72. The molecule has 0 unspecified atom stereocenters. The van der Waals surface area contributed by atoms with E-state index in [1.54, 1.807) is 4.90 Å². The number of aliphatic hydroxyl groups excluding tert-OH is 1. The first kappa shape index (κ1) is 13.5. The normalized spacial score (nSPS) is 16.6. The van der Waals surface area contributed by atoms with Crippen molar-refractivity contribution >= 4 is 11.7 Å². The molecule has 0 saturated carbocycles. The molecular formula is C11H16N4O4. The van der Waals surface area contributed by atoms with E-state index in [-0.39, 0.29) is 24.0 Å². The summed E-state index contributed by atoms with van der Waals surface area (Å²) >= 11 is 0. The minimum Gasteiger partial charge on any atom is -0.395 e. The van der Waals surface area contributed by atoms with Crippen LogP contribution in [-0.2, 0) is 0 Å². The summed E-state index contributed by atoms with van der Waals surface area (Å²) in [7, 11) is 0. The largest absolute Gasteiger partial charge is 0.395 e. The van der Waals surface area contributed by atoms with Gasteiger partial charge in [0.05, 0.1) is 6.61 Å². The zero-order valence-corrected chi connectivity index (χ0v) is 10.4. The van der Waals surface area contributed by atoms with Crippen LogP contribution in [-0.4, -0.2) is 70.1 Å². The third-order valence-electron chi connectivity index (χ3n) is 3.17. The third-order valence-corrected chi connectivity index (χ3v) is 3.17. The topological polar surface area (TPSA) is 103 Å². The van der Waals surface area contributed by atoms with E-state index in [1.807, 2.05) is 0 Å². The Balaban J connectivity index is 1.95. The second-order valence-electron chi connectivity index (χ2n) is 4.37. The van der Waals surface area contributed by atoms with Crippen molar-refractivity contribution in [2.75, 3.05) is 39.3 Å². The second kappa shape index (κ2) is 5.81. The molecule has 1 aliphatic rings. The lowest BCUT2D eigenvalue weighted by Crippen LogP contribution is -2.49. The van der Waals surface area contributed by atoms with Crippen LogP contribution >= 0.6 is 0 Å². The Morgan fingerprint density at radius 3 is 2.58 bits per heavy atom.